The molecule has 0 aromatic heterocycles. The van der Waals surface area contributed by atoms with Crippen LogP contribution in [-0.2, 0) is 0 Å². The maximum Gasteiger partial charge on any atom is 0.488 e. The molecule has 0 bridgehead atoms. The van der Waals surface area contributed by atoms with Crippen molar-refractivity contribution >= 4 is 7.12 Å². The van der Waals surface area contributed by atoms with E-state index in [2.05, 4.69) is 5.73 Å². The van der Waals surface area contributed by atoms with Gasteiger partial charge in [-0.15, -0.1) is 5.73 Å². The Labute approximate surface area is 42.9 Å². The average molecular weight is 97.9 g/mol. The third-order valence-corrected chi connectivity index (χ3v) is 0.412. The molecular weight excluding hydrogens is 90.9 g/mol. The standard InChI is InChI=1S/C4H7BO2/c1-2-3-4-5(6)7/h2,4,6-7H,1H3. The molecule has 0 radical (unpaired) electrons. The van der Waals surface area contributed by atoms with Crippen molar-refractivity contribution in [3.63, 3.8) is 0 Å². The van der Waals surface area contributed by atoms with Crippen molar-refractivity contribution in [2.45, 2.75) is 6.92 Å². The Kier molecular flexibility index (Phi) is 3.43. The molecule has 0 aliphatic rings. The Morgan fingerprint density at radius 1 is 1.57 bits per heavy atom. The highest BCUT2D eigenvalue weighted by Crippen LogP contribution is 1.67. The topological polar surface area (TPSA) is 40.5 Å². The molecule has 0 aliphatic heterocycles. The molecule has 0 aromatic rings. The van der Waals surface area contributed by atoms with E-state index >= 15 is 0 Å². The van der Waals surface area contributed by atoms with Gasteiger partial charge in [0.2, 0.25) is 0 Å². The van der Waals surface area contributed by atoms with Crippen LogP contribution in [0.25, 0.3) is 0 Å². The molecule has 0 spiro atoms. The van der Waals surface area contributed by atoms with Crippen LogP contribution in [0.5, 0.6) is 0 Å². The van der Waals surface area contributed by atoms with Crippen molar-refractivity contribution < 1.29 is 10.0 Å². The molecule has 0 atom stereocenters. The van der Waals surface area contributed by atoms with Crippen LogP contribution in [0.4, 0.5) is 0 Å². The van der Waals surface area contributed by atoms with Crippen molar-refractivity contribution in [1.82, 2.24) is 0 Å². The fourth-order valence-electron chi connectivity index (χ4n) is 0.182. The molecule has 2 N–H and O–H groups in total. The molecule has 7 heavy (non-hydrogen) atoms. The fraction of sp³-hybridized carbons (Fsp3) is 0.250. The van der Waals surface area contributed by atoms with Gasteiger partial charge in [0.1, 0.15) is 0 Å². The van der Waals surface area contributed by atoms with Gasteiger partial charge in [0.05, 0.1) is 0 Å². The Morgan fingerprint density at radius 2 is 2.14 bits per heavy atom. The van der Waals surface area contributed by atoms with Crippen LogP contribution < -0.4 is 0 Å². The first-order chi connectivity index (χ1) is 3.27. The van der Waals surface area contributed by atoms with Gasteiger partial charge in [0.25, 0.3) is 0 Å². The molecule has 0 aromatic carbocycles. The second kappa shape index (κ2) is 3.69. The summed E-state index contributed by atoms with van der Waals surface area (Å²) in [5, 5.41) is 16.2. The SMILES string of the molecule is CC=C=CB(O)O. The minimum atomic E-state index is -1.36. The zero-order chi connectivity index (χ0) is 5.70. The minimum absolute atomic E-state index is 1.15. The second-order valence-electron chi connectivity index (χ2n) is 1.04. The van der Waals surface area contributed by atoms with E-state index in [1.807, 2.05) is 0 Å². The molecule has 38 valence electrons. The Balaban J connectivity index is 3.46. The van der Waals surface area contributed by atoms with Crippen molar-refractivity contribution in [2.24, 2.45) is 0 Å². The maximum absolute atomic E-state index is 8.10. The summed E-state index contributed by atoms with van der Waals surface area (Å²) in [4.78, 5) is 0. The zero-order valence-corrected chi connectivity index (χ0v) is 4.13. The Morgan fingerprint density at radius 3 is 2.29 bits per heavy atom. The van der Waals surface area contributed by atoms with E-state index in [9.17, 15) is 0 Å². The van der Waals surface area contributed by atoms with E-state index in [0.717, 1.165) is 5.98 Å². The molecule has 0 saturated carbocycles. The molecule has 0 heterocycles. The summed E-state index contributed by atoms with van der Waals surface area (Å²) < 4.78 is 0. The molecule has 0 amide bonds. The third-order valence-electron chi connectivity index (χ3n) is 0.412. The van der Waals surface area contributed by atoms with Gasteiger partial charge in [-0.3, -0.25) is 0 Å². The summed E-state index contributed by atoms with van der Waals surface area (Å²) in [6.07, 6.45) is 1.60. The molecular formula is C4H7BO2. The highest BCUT2D eigenvalue weighted by Gasteiger charge is 1.94. The van der Waals surface area contributed by atoms with Crippen LogP contribution in [0.3, 0.4) is 0 Å². The summed E-state index contributed by atoms with van der Waals surface area (Å²) in [5.74, 6) is 1.15. The minimum Gasteiger partial charge on any atom is -0.423 e. The van der Waals surface area contributed by atoms with Gasteiger partial charge in [-0.1, -0.05) is 0 Å². The van der Waals surface area contributed by atoms with Crippen LogP contribution in [-0.4, -0.2) is 17.2 Å². The third kappa shape index (κ3) is 5.50. The van der Waals surface area contributed by atoms with E-state index in [1.54, 1.807) is 13.0 Å². The quantitative estimate of drug-likeness (QED) is 0.350. The van der Waals surface area contributed by atoms with Gasteiger partial charge < -0.3 is 10.0 Å². The monoisotopic (exact) mass is 98.1 g/mol. The largest absolute Gasteiger partial charge is 0.488 e. The summed E-state index contributed by atoms with van der Waals surface area (Å²) >= 11 is 0. The first kappa shape index (κ1) is 6.50. The van der Waals surface area contributed by atoms with E-state index in [-0.39, 0.29) is 0 Å². The fourth-order valence-corrected chi connectivity index (χ4v) is 0.182. The van der Waals surface area contributed by atoms with Crippen LogP contribution in [0.2, 0.25) is 0 Å². The van der Waals surface area contributed by atoms with Crippen LogP contribution in [0, 0.1) is 0 Å². The van der Waals surface area contributed by atoms with E-state index in [1.165, 1.54) is 0 Å². The highest BCUT2D eigenvalue weighted by atomic mass is 16.4. The van der Waals surface area contributed by atoms with Gasteiger partial charge in [-0.25, -0.2) is 0 Å². The molecule has 3 heteroatoms. The summed E-state index contributed by atoms with van der Waals surface area (Å²) in [5.41, 5.74) is 2.50. The van der Waals surface area contributed by atoms with Crippen molar-refractivity contribution in [3.05, 3.63) is 17.8 Å². The molecule has 0 unspecified atom stereocenters. The summed E-state index contributed by atoms with van der Waals surface area (Å²) in [6.45, 7) is 1.75. The zero-order valence-electron chi connectivity index (χ0n) is 4.13. The van der Waals surface area contributed by atoms with Crippen molar-refractivity contribution in [3.8, 4) is 0 Å². The first-order valence-electron chi connectivity index (χ1n) is 2.00. The van der Waals surface area contributed by atoms with E-state index in [4.69, 9.17) is 10.0 Å². The Hall–Kier alpha value is -0.495. The highest BCUT2D eigenvalue weighted by molar-refractivity contribution is 6.47. The summed E-state index contributed by atoms with van der Waals surface area (Å²) in [6, 6.07) is 0. The normalized spacial score (nSPS) is 6.71. The molecule has 0 rings (SSSR count). The van der Waals surface area contributed by atoms with Crippen LogP contribution >= 0.6 is 0 Å². The van der Waals surface area contributed by atoms with Gasteiger partial charge in [-0.2, -0.15) is 0 Å². The van der Waals surface area contributed by atoms with E-state index < -0.39 is 7.12 Å². The van der Waals surface area contributed by atoms with Crippen LogP contribution in [0.1, 0.15) is 6.92 Å². The lowest BCUT2D eigenvalue weighted by Crippen LogP contribution is -2.04. The van der Waals surface area contributed by atoms with Gasteiger partial charge in [0, 0.05) is 0 Å². The molecule has 2 nitrogen and oxygen atoms in total. The molecule has 0 fully saturated rings. The van der Waals surface area contributed by atoms with Gasteiger partial charge in [0.15, 0.2) is 0 Å². The summed E-state index contributed by atoms with van der Waals surface area (Å²) in [7, 11) is -1.36. The van der Waals surface area contributed by atoms with Crippen LogP contribution in [0.15, 0.2) is 17.8 Å². The number of allylic oxidation sites excluding steroid dienone is 1. The lowest BCUT2D eigenvalue weighted by atomic mass is 9.93. The van der Waals surface area contributed by atoms with Gasteiger partial charge in [-0.05, 0) is 19.0 Å². The predicted molar refractivity (Wildman–Crippen MR) is 28.5 cm³/mol. The maximum atomic E-state index is 8.10. The van der Waals surface area contributed by atoms with Crippen molar-refractivity contribution in [1.29, 1.82) is 0 Å². The number of rotatable bonds is 1. The number of hydrogen-bond donors (Lipinski definition) is 2. The smallest absolute Gasteiger partial charge is 0.423 e. The first-order valence-corrected chi connectivity index (χ1v) is 2.00. The average Bonchev–Trinajstić information content (AvgIpc) is 1.61. The number of hydrogen-bond acceptors (Lipinski definition) is 2. The lowest BCUT2D eigenvalue weighted by Gasteiger charge is -1.76. The van der Waals surface area contributed by atoms with Gasteiger partial charge >= 0.3 is 7.12 Å². The lowest BCUT2D eigenvalue weighted by molar-refractivity contribution is 0.424. The molecule has 0 saturated heterocycles. The molecule has 0 aliphatic carbocycles. The second-order valence-corrected chi connectivity index (χ2v) is 1.04. The van der Waals surface area contributed by atoms with E-state index in [0.29, 0.717) is 0 Å². The van der Waals surface area contributed by atoms with Crippen molar-refractivity contribution in [2.75, 3.05) is 0 Å². The Bertz CT molecular complexity index is 91.9. The predicted octanol–water partition coefficient (Wildman–Crippen LogP) is -0.270.